The molecule has 0 bridgehead atoms. The second-order valence-corrected chi connectivity index (χ2v) is 6.36. The lowest BCUT2D eigenvalue weighted by Crippen LogP contribution is -2.49. The van der Waals surface area contributed by atoms with Gasteiger partial charge in [-0.05, 0) is 24.4 Å². The number of para-hydroxylation sites is 1. The Labute approximate surface area is 146 Å². The third-order valence-corrected chi connectivity index (χ3v) is 4.82. The molecule has 128 valence electrons. The zero-order valence-corrected chi connectivity index (χ0v) is 14.3. The molecule has 1 aromatic carbocycles. The number of fused-ring (bicyclic) bond motifs is 1. The lowest BCUT2D eigenvalue weighted by molar-refractivity contribution is -0.132. The van der Waals surface area contributed by atoms with Crippen molar-refractivity contribution < 1.29 is 4.79 Å². The smallest absolute Gasteiger partial charge is 0.242 e. The molecule has 0 atom stereocenters. The summed E-state index contributed by atoms with van der Waals surface area (Å²) in [7, 11) is 0. The van der Waals surface area contributed by atoms with Crippen LogP contribution in [0.25, 0.3) is 10.9 Å². The number of aryl methyl sites for hydroxylation is 1. The van der Waals surface area contributed by atoms with Crippen molar-refractivity contribution in [2.45, 2.75) is 13.5 Å². The van der Waals surface area contributed by atoms with E-state index < -0.39 is 0 Å². The van der Waals surface area contributed by atoms with Crippen LogP contribution >= 0.6 is 0 Å². The molecule has 1 aliphatic heterocycles. The summed E-state index contributed by atoms with van der Waals surface area (Å²) >= 11 is 0. The van der Waals surface area contributed by atoms with E-state index in [1.165, 1.54) is 5.39 Å². The number of carbonyl (C=O) groups excluding carboxylic acids is 1. The van der Waals surface area contributed by atoms with Crippen molar-refractivity contribution in [1.29, 1.82) is 0 Å². The highest BCUT2D eigenvalue weighted by atomic mass is 16.2. The molecule has 0 saturated carbocycles. The van der Waals surface area contributed by atoms with Gasteiger partial charge in [0.05, 0.1) is 6.20 Å². The Bertz CT molecular complexity index is 881. The third-order valence-electron chi connectivity index (χ3n) is 4.82. The van der Waals surface area contributed by atoms with Crippen LogP contribution in [0.1, 0.15) is 5.69 Å². The van der Waals surface area contributed by atoms with E-state index in [-0.39, 0.29) is 5.91 Å². The molecule has 0 radical (unpaired) electrons. The van der Waals surface area contributed by atoms with Crippen LogP contribution in [0.5, 0.6) is 0 Å². The van der Waals surface area contributed by atoms with Crippen molar-refractivity contribution in [2.75, 3.05) is 31.1 Å². The first kappa shape index (κ1) is 15.6. The molecule has 3 heterocycles. The maximum Gasteiger partial charge on any atom is 0.242 e. The van der Waals surface area contributed by atoms with Crippen molar-refractivity contribution in [3.8, 4) is 0 Å². The van der Waals surface area contributed by atoms with Crippen molar-refractivity contribution in [1.82, 2.24) is 19.4 Å². The minimum atomic E-state index is 0.170. The number of hydrogen-bond donors (Lipinski definition) is 0. The second kappa shape index (κ2) is 6.55. The molecule has 1 amide bonds. The number of rotatable bonds is 3. The Balaban J connectivity index is 1.43. The molecule has 25 heavy (non-hydrogen) atoms. The number of piperazine rings is 1. The predicted molar refractivity (Wildman–Crippen MR) is 97.5 cm³/mol. The summed E-state index contributed by atoms with van der Waals surface area (Å²) in [5.41, 5.74) is 2.24. The van der Waals surface area contributed by atoms with Gasteiger partial charge in [0.2, 0.25) is 5.91 Å². The van der Waals surface area contributed by atoms with Crippen molar-refractivity contribution in [3.63, 3.8) is 0 Å². The summed E-state index contributed by atoms with van der Waals surface area (Å²) in [4.78, 5) is 25.3. The van der Waals surface area contributed by atoms with Crippen LogP contribution in [0.15, 0.2) is 48.9 Å². The topological polar surface area (TPSA) is 54.3 Å². The van der Waals surface area contributed by atoms with E-state index in [0.29, 0.717) is 19.6 Å². The highest BCUT2D eigenvalue weighted by molar-refractivity contribution is 5.84. The van der Waals surface area contributed by atoms with E-state index in [0.717, 1.165) is 30.1 Å². The van der Waals surface area contributed by atoms with Crippen LogP contribution in [0.3, 0.4) is 0 Å². The molecule has 6 heteroatoms. The summed E-state index contributed by atoms with van der Waals surface area (Å²) < 4.78 is 2.10. The third kappa shape index (κ3) is 3.07. The standard InChI is InChI=1S/C19H21N5O/c1-15-12-16-4-2-3-5-17(16)24(15)14-19(25)23-10-8-22(9-11-23)18-13-20-6-7-21-18/h2-7,12-13H,8-11,14H2,1H3. The van der Waals surface area contributed by atoms with Gasteiger partial charge in [-0.25, -0.2) is 4.98 Å². The Morgan fingerprint density at radius 3 is 2.68 bits per heavy atom. The Morgan fingerprint density at radius 1 is 1.12 bits per heavy atom. The normalized spacial score (nSPS) is 14.9. The van der Waals surface area contributed by atoms with E-state index in [1.807, 2.05) is 17.0 Å². The largest absolute Gasteiger partial charge is 0.352 e. The number of benzene rings is 1. The maximum absolute atomic E-state index is 12.8. The summed E-state index contributed by atoms with van der Waals surface area (Å²) in [6, 6.07) is 10.3. The molecular formula is C19H21N5O. The molecule has 0 spiro atoms. The van der Waals surface area contributed by atoms with Gasteiger partial charge in [-0.2, -0.15) is 0 Å². The van der Waals surface area contributed by atoms with Gasteiger partial charge in [-0.1, -0.05) is 18.2 Å². The minimum absolute atomic E-state index is 0.170. The molecule has 1 aliphatic rings. The molecular weight excluding hydrogens is 314 g/mol. The monoisotopic (exact) mass is 335 g/mol. The Hall–Kier alpha value is -2.89. The zero-order chi connectivity index (χ0) is 17.2. The number of hydrogen-bond acceptors (Lipinski definition) is 4. The fraction of sp³-hybridized carbons (Fsp3) is 0.316. The van der Waals surface area contributed by atoms with Crippen LogP contribution in [0, 0.1) is 6.92 Å². The summed E-state index contributed by atoms with van der Waals surface area (Å²) in [5.74, 6) is 1.05. The van der Waals surface area contributed by atoms with E-state index in [9.17, 15) is 4.79 Å². The highest BCUT2D eigenvalue weighted by Crippen LogP contribution is 2.20. The first-order valence-electron chi connectivity index (χ1n) is 8.56. The summed E-state index contributed by atoms with van der Waals surface area (Å²) in [6.07, 6.45) is 5.15. The summed E-state index contributed by atoms with van der Waals surface area (Å²) in [5, 5.41) is 1.18. The predicted octanol–water partition coefficient (Wildman–Crippen LogP) is 2.09. The molecule has 0 aliphatic carbocycles. The quantitative estimate of drug-likeness (QED) is 0.735. The van der Waals surface area contributed by atoms with Crippen LogP contribution in [-0.2, 0) is 11.3 Å². The van der Waals surface area contributed by atoms with E-state index in [1.54, 1.807) is 18.6 Å². The Kier molecular flexibility index (Phi) is 4.09. The lowest BCUT2D eigenvalue weighted by atomic mass is 10.2. The number of amides is 1. The Morgan fingerprint density at radius 2 is 1.92 bits per heavy atom. The molecule has 2 aromatic heterocycles. The minimum Gasteiger partial charge on any atom is -0.352 e. The van der Waals surface area contributed by atoms with Crippen molar-refractivity contribution >= 4 is 22.6 Å². The van der Waals surface area contributed by atoms with Crippen molar-refractivity contribution in [3.05, 3.63) is 54.6 Å². The number of nitrogens with zero attached hydrogens (tertiary/aromatic N) is 5. The van der Waals surface area contributed by atoms with Gasteiger partial charge in [0.15, 0.2) is 0 Å². The van der Waals surface area contributed by atoms with E-state index >= 15 is 0 Å². The van der Waals surface area contributed by atoms with Crippen molar-refractivity contribution in [2.24, 2.45) is 0 Å². The summed E-state index contributed by atoms with van der Waals surface area (Å²) in [6.45, 7) is 5.46. The van der Waals surface area contributed by atoms with E-state index in [4.69, 9.17) is 0 Å². The highest BCUT2D eigenvalue weighted by Gasteiger charge is 2.22. The first-order chi connectivity index (χ1) is 12.2. The molecule has 4 rings (SSSR count). The average molecular weight is 335 g/mol. The number of anilines is 1. The second-order valence-electron chi connectivity index (χ2n) is 6.36. The van der Waals surface area contributed by atoms with Crippen LogP contribution in [0.4, 0.5) is 5.82 Å². The van der Waals surface area contributed by atoms with Crippen LogP contribution < -0.4 is 4.90 Å². The SMILES string of the molecule is Cc1cc2ccccc2n1CC(=O)N1CCN(c2cnccn2)CC1. The van der Waals surface area contributed by atoms with Gasteiger partial charge in [0, 0.05) is 49.8 Å². The number of aromatic nitrogens is 3. The van der Waals surface area contributed by atoms with E-state index in [2.05, 4.69) is 44.6 Å². The molecule has 1 saturated heterocycles. The molecule has 3 aromatic rings. The van der Waals surface area contributed by atoms with Gasteiger partial charge in [0.25, 0.3) is 0 Å². The fourth-order valence-electron chi connectivity index (χ4n) is 3.43. The lowest BCUT2D eigenvalue weighted by Gasteiger charge is -2.35. The molecule has 6 nitrogen and oxygen atoms in total. The maximum atomic E-state index is 12.8. The molecule has 1 fully saturated rings. The van der Waals surface area contributed by atoms with Crippen LogP contribution in [0.2, 0.25) is 0 Å². The molecule has 0 unspecified atom stereocenters. The fourth-order valence-corrected chi connectivity index (χ4v) is 3.43. The van der Waals surface area contributed by atoms with Gasteiger partial charge in [0.1, 0.15) is 12.4 Å². The first-order valence-corrected chi connectivity index (χ1v) is 8.56. The average Bonchev–Trinajstić information content (AvgIpc) is 2.98. The zero-order valence-electron chi connectivity index (χ0n) is 14.3. The van der Waals surface area contributed by atoms with Crippen LogP contribution in [-0.4, -0.2) is 51.5 Å². The van der Waals surface area contributed by atoms with Gasteiger partial charge in [-0.3, -0.25) is 9.78 Å². The number of carbonyl (C=O) groups is 1. The molecule has 0 N–H and O–H groups in total. The van der Waals surface area contributed by atoms with Gasteiger partial charge in [-0.15, -0.1) is 0 Å². The van der Waals surface area contributed by atoms with Gasteiger partial charge < -0.3 is 14.4 Å². The van der Waals surface area contributed by atoms with Gasteiger partial charge >= 0.3 is 0 Å².